The molecule has 3 nitrogen and oxygen atoms in total. The van der Waals surface area contributed by atoms with E-state index in [0.29, 0.717) is 0 Å². The lowest BCUT2D eigenvalue weighted by Gasteiger charge is -2.29. The summed E-state index contributed by atoms with van der Waals surface area (Å²) < 4.78 is 0. The Balaban J connectivity index is 1.92. The smallest absolute Gasteiger partial charge is 0.224 e. The van der Waals surface area contributed by atoms with Gasteiger partial charge >= 0.3 is 0 Å². The Labute approximate surface area is 116 Å². The van der Waals surface area contributed by atoms with Crippen molar-refractivity contribution in [3.05, 3.63) is 35.4 Å². The second-order valence-corrected chi connectivity index (χ2v) is 5.74. The van der Waals surface area contributed by atoms with Crippen LogP contribution < -0.4 is 5.32 Å². The standard InChI is InChI=1S/C16H24N2O/c1-12-6-8-14(9-7-12)13(2)17-16(19)15-5-4-10-18(3)11-15/h6-9,13,15H,4-5,10-11H2,1-3H3,(H,17,19)/t13-,15-/m0/s1. The molecule has 0 unspecified atom stereocenters. The van der Waals surface area contributed by atoms with E-state index in [-0.39, 0.29) is 17.9 Å². The molecule has 1 heterocycles. The lowest BCUT2D eigenvalue weighted by molar-refractivity contribution is -0.127. The van der Waals surface area contributed by atoms with Gasteiger partial charge in [-0.25, -0.2) is 0 Å². The summed E-state index contributed by atoms with van der Waals surface area (Å²) in [6.07, 6.45) is 2.13. The first-order valence-electron chi connectivity index (χ1n) is 7.12. The topological polar surface area (TPSA) is 32.3 Å². The Hall–Kier alpha value is -1.35. The number of hydrogen-bond acceptors (Lipinski definition) is 2. The summed E-state index contributed by atoms with van der Waals surface area (Å²) in [5.41, 5.74) is 2.42. The Morgan fingerprint density at radius 1 is 1.37 bits per heavy atom. The van der Waals surface area contributed by atoms with Crippen LogP contribution in [0.25, 0.3) is 0 Å². The third kappa shape index (κ3) is 3.80. The van der Waals surface area contributed by atoms with Crippen molar-refractivity contribution >= 4 is 5.91 Å². The number of rotatable bonds is 3. The summed E-state index contributed by atoms with van der Waals surface area (Å²) in [6.45, 7) is 6.11. The monoisotopic (exact) mass is 260 g/mol. The van der Waals surface area contributed by atoms with Crippen molar-refractivity contribution in [1.29, 1.82) is 0 Å². The van der Waals surface area contributed by atoms with E-state index in [2.05, 4.69) is 55.4 Å². The number of hydrogen-bond donors (Lipinski definition) is 1. The molecule has 19 heavy (non-hydrogen) atoms. The number of nitrogens with zero attached hydrogens (tertiary/aromatic N) is 1. The molecule has 1 aromatic carbocycles. The van der Waals surface area contributed by atoms with Gasteiger partial charge < -0.3 is 10.2 Å². The van der Waals surface area contributed by atoms with Crippen molar-refractivity contribution in [2.75, 3.05) is 20.1 Å². The number of carbonyl (C=O) groups excluding carboxylic acids is 1. The Bertz CT molecular complexity index is 427. The van der Waals surface area contributed by atoms with E-state index < -0.39 is 0 Å². The summed E-state index contributed by atoms with van der Waals surface area (Å²) in [5.74, 6) is 0.339. The number of piperidine rings is 1. The first-order valence-corrected chi connectivity index (χ1v) is 7.12. The predicted octanol–water partition coefficient (Wildman–Crippen LogP) is 2.51. The average Bonchev–Trinajstić information content (AvgIpc) is 2.39. The SMILES string of the molecule is Cc1ccc([C@H](C)NC(=O)[C@H]2CCCN(C)C2)cc1. The normalized spacial score (nSPS) is 21.9. The van der Waals surface area contributed by atoms with Gasteiger partial charge in [-0.3, -0.25) is 4.79 Å². The third-order valence-electron chi connectivity index (χ3n) is 3.93. The molecular formula is C16H24N2O. The number of carbonyl (C=O) groups is 1. The van der Waals surface area contributed by atoms with E-state index in [9.17, 15) is 4.79 Å². The van der Waals surface area contributed by atoms with Crippen LogP contribution in [-0.4, -0.2) is 30.9 Å². The number of benzene rings is 1. The van der Waals surface area contributed by atoms with E-state index >= 15 is 0 Å². The molecule has 1 N–H and O–H groups in total. The van der Waals surface area contributed by atoms with Gasteiger partial charge in [-0.05, 0) is 45.8 Å². The van der Waals surface area contributed by atoms with E-state index in [4.69, 9.17) is 0 Å². The minimum atomic E-state index is 0.0836. The van der Waals surface area contributed by atoms with Crippen LogP contribution in [0.1, 0.15) is 36.9 Å². The molecule has 0 spiro atoms. The van der Waals surface area contributed by atoms with Gasteiger partial charge in [-0.15, -0.1) is 0 Å². The minimum absolute atomic E-state index is 0.0836. The van der Waals surface area contributed by atoms with Crippen molar-refractivity contribution in [3.63, 3.8) is 0 Å². The van der Waals surface area contributed by atoms with Crippen LogP contribution >= 0.6 is 0 Å². The molecule has 1 saturated heterocycles. The Morgan fingerprint density at radius 3 is 2.68 bits per heavy atom. The zero-order valence-corrected chi connectivity index (χ0v) is 12.1. The highest BCUT2D eigenvalue weighted by Gasteiger charge is 2.24. The fraction of sp³-hybridized carbons (Fsp3) is 0.562. The predicted molar refractivity (Wildman–Crippen MR) is 78.0 cm³/mol. The molecule has 2 rings (SSSR count). The molecule has 1 fully saturated rings. The molecule has 0 aromatic heterocycles. The first-order chi connectivity index (χ1) is 9.06. The molecule has 1 aromatic rings. The van der Waals surface area contributed by atoms with Crippen molar-refractivity contribution < 1.29 is 4.79 Å². The first kappa shape index (κ1) is 14.1. The number of likely N-dealkylation sites (tertiary alicyclic amines) is 1. The van der Waals surface area contributed by atoms with Gasteiger partial charge in [0, 0.05) is 6.54 Å². The van der Waals surface area contributed by atoms with E-state index in [0.717, 1.165) is 25.9 Å². The molecule has 2 atom stereocenters. The van der Waals surface area contributed by atoms with Gasteiger partial charge in [0.15, 0.2) is 0 Å². The van der Waals surface area contributed by atoms with Crippen molar-refractivity contribution in [2.24, 2.45) is 5.92 Å². The molecule has 1 amide bonds. The molecule has 0 bridgehead atoms. The molecule has 0 aliphatic carbocycles. The quantitative estimate of drug-likeness (QED) is 0.905. The van der Waals surface area contributed by atoms with Gasteiger partial charge in [0.25, 0.3) is 0 Å². The Morgan fingerprint density at radius 2 is 2.05 bits per heavy atom. The average molecular weight is 260 g/mol. The largest absolute Gasteiger partial charge is 0.349 e. The van der Waals surface area contributed by atoms with Gasteiger partial charge in [0.2, 0.25) is 5.91 Å². The molecule has 3 heteroatoms. The fourth-order valence-electron chi connectivity index (χ4n) is 2.65. The highest BCUT2D eigenvalue weighted by atomic mass is 16.2. The lowest BCUT2D eigenvalue weighted by Crippen LogP contribution is -2.42. The second kappa shape index (κ2) is 6.20. The van der Waals surface area contributed by atoms with Gasteiger partial charge in [0.1, 0.15) is 0 Å². The van der Waals surface area contributed by atoms with Crippen LogP contribution in [0.3, 0.4) is 0 Å². The Kier molecular flexibility index (Phi) is 4.59. The summed E-state index contributed by atoms with van der Waals surface area (Å²) in [4.78, 5) is 14.5. The van der Waals surface area contributed by atoms with Crippen molar-refractivity contribution in [1.82, 2.24) is 10.2 Å². The van der Waals surface area contributed by atoms with E-state index in [1.807, 2.05) is 0 Å². The molecule has 1 aliphatic heterocycles. The molecular weight excluding hydrogens is 236 g/mol. The van der Waals surface area contributed by atoms with Crippen LogP contribution in [0.2, 0.25) is 0 Å². The summed E-state index contributed by atoms with van der Waals surface area (Å²) in [7, 11) is 2.09. The van der Waals surface area contributed by atoms with Crippen LogP contribution in [-0.2, 0) is 4.79 Å². The number of amides is 1. The summed E-state index contributed by atoms with van der Waals surface area (Å²) >= 11 is 0. The lowest BCUT2D eigenvalue weighted by atomic mass is 9.96. The molecule has 0 saturated carbocycles. The van der Waals surface area contributed by atoms with Gasteiger partial charge in [-0.2, -0.15) is 0 Å². The van der Waals surface area contributed by atoms with Crippen LogP contribution in [0.4, 0.5) is 0 Å². The summed E-state index contributed by atoms with van der Waals surface area (Å²) in [5, 5.41) is 3.14. The third-order valence-corrected chi connectivity index (χ3v) is 3.93. The maximum Gasteiger partial charge on any atom is 0.224 e. The van der Waals surface area contributed by atoms with Crippen molar-refractivity contribution in [3.8, 4) is 0 Å². The van der Waals surface area contributed by atoms with Crippen molar-refractivity contribution in [2.45, 2.75) is 32.7 Å². The van der Waals surface area contributed by atoms with E-state index in [1.54, 1.807) is 0 Å². The zero-order chi connectivity index (χ0) is 13.8. The molecule has 0 radical (unpaired) electrons. The van der Waals surface area contributed by atoms with E-state index in [1.165, 1.54) is 11.1 Å². The minimum Gasteiger partial charge on any atom is -0.349 e. The maximum atomic E-state index is 12.3. The second-order valence-electron chi connectivity index (χ2n) is 5.74. The maximum absolute atomic E-state index is 12.3. The molecule has 1 aliphatic rings. The number of nitrogens with one attached hydrogen (secondary N) is 1. The molecule has 104 valence electrons. The van der Waals surface area contributed by atoms with Gasteiger partial charge in [-0.1, -0.05) is 29.8 Å². The zero-order valence-electron chi connectivity index (χ0n) is 12.1. The highest BCUT2D eigenvalue weighted by molar-refractivity contribution is 5.79. The van der Waals surface area contributed by atoms with Gasteiger partial charge in [0.05, 0.1) is 12.0 Å². The van der Waals surface area contributed by atoms with Crippen LogP contribution in [0.15, 0.2) is 24.3 Å². The van der Waals surface area contributed by atoms with Crippen LogP contribution in [0, 0.1) is 12.8 Å². The summed E-state index contributed by atoms with van der Waals surface area (Å²) in [6, 6.07) is 8.44. The fourth-order valence-corrected chi connectivity index (χ4v) is 2.65. The van der Waals surface area contributed by atoms with Crippen LogP contribution in [0.5, 0.6) is 0 Å². The number of aryl methyl sites for hydroxylation is 1. The highest BCUT2D eigenvalue weighted by Crippen LogP contribution is 2.18.